The van der Waals surface area contributed by atoms with Gasteiger partial charge in [-0.3, -0.25) is 4.98 Å². The molecule has 1 aliphatic rings. The maximum absolute atomic E-state index is 6.05. The lowest BCUT2D eigenvalue weighted by Crippen LogP contribution is -2.24. The standard InChI is InChI=1S/C18H16N2O/c19-11-13-10-12-4-3-6-16(18(12)21-13)14-8-9-20-17-7-2-1-5-15(14)17/h1-9,13H,10-11,19H2/t13-/m0/s1. The van der Waals surface area contributed by atoms with Crippen molar-refractivity contribution < 1.29 is 4.74 Å². The zero-order valence-corrected chi connectivity index (χ0v) is 11.6. The van der Waals surface area contributed by atoms with Crippen LogP contribution >= 0.6 is 0 Å². The van der Waals surface area contributed by atoms with Crippen molar-refractivity contribution in [2.75, 3.05) is 6.54 Å². The van der Waals surface area contributed by atoms with E-state index in [4.69, 9.17) is 10.5 Å². The molecule has 0 saturated carbocycles. The fourth-order valence-corrected chi connectivity index (χ4v) is 3.01. The minimum absolute atomic E-state index is 0.0919. The molecule has 1 aliphatic heterocycles. The molecule has 4 rings (SSSR count). The molecule has 3 heteroatoms. The molecule has 0 radical (unpaired) electrons. The topological polar surface area (TPSA) is 48.1 Å². The molecule has 0 amide bonds. The van der Waals surface area contributed by atoms with Crippen molar-refractivity contribution in [1.29, 1.82) is 0 Å². The van der Waals surface area contributed by atoms with Gasteiger partial charge in [0.2, 0.25) is 0 Å². The summed E-state index contributed by atoms with van der Waals surface area (Å²) in [6, 6.07) is 16.6. The van der Waals surface area contributed by atoms with E-state index in [0.717, 1.165) is 34.2 Å². The molecule has 3 aromatic rings. The first-order chi connectivity index (χ1) is 10.4. The molecule has 0 fully saturated rings. The highest BCUT2D eigenvalue weighted by molar-refractivity contribution is 5.96. The second-order valence-corrected chi connectivity index (χ2v) is 5.35. The summed E-state index contributed by atoms with van der Waals surface area (Å²) in [5, 5.41) is 1.15. The number of fused-ring (bicyclic) bond motifs is 2. The van der Waals surface area contributed by atoms with Gasteiger partial charge in [0.05, 0.1) is 5.52 Å². The Morgan fingerprint density at radius 3 is 2.86 bits per heavy atom. The zero-order chi connectivity index (χ0) is 14.2. The van der Waals surface area contributed by atoms with Crippen LogP contribution in [0.15, 0.2) is 54.7 Å². The van der Waals surface area contributed by atoms with Crippen LogP contribution in [0, 0.1) is 0 Å². The Morgan fingerprint density at radius 2 is 1.95 bits per heavy atom. The zero-order valence-electron chi connectivity index (χ0n) is 11.6. The highest BCUT2D eigenvalue weighted by Crippen LogP contribution is 2.40. The Labute approximate surface area is 123 Å². The van der Waals surface area contributed by atoms with Crippen molar-refractivity contribution in [1.82, 2.24) is 4.98 Å². The van der Waals surface area contributed by atoms with Crippen molar-refractivity contribution in [3.63, 3.8) is 0 Å². The average molecular weight is 276 g/mol. The Bertz CT molecular complexity index is 808. The molecule has 21 heavy (non-hydrogen) atoms. The number of hydrogen-bond acceptors (Lipinski definition) is 3. The molecule has 2 aromatic carbocycles. The lowest BCUT2D eigenvalue weighted by molar-refractivity contribution is 0.242. The van der Waals surface area contributed by atoms with Crippen LogP contribution in [0.25, 0.3) is 22.0 Å². The van der Waals surface area contributed by atoms with Gasteiger partial charge < -0.3 is 10.5 Å². The van der Waals surface area contributed by atoms with Crippen molar-refractivity contribution >= 4 is 10.9 Å². The van der Waals surface area contributed by atoms with Crippen molar-refractivity contribution in [2.24, 2.45) is 5.73 Å². The van der Waals surface area contributed by atoms with Crippen LogP contribution in [0.4, 0.5) is 0 Å². The molecule has 1 aromatic heterocycles. The molecule has 0 spiro atoms. The van der Waals surface area contributed by atoms with E-state index >= 15 is 0 Å². The van der Waals surface area contributed by atoms with E-state index in [1.807, 2.05) is 24.4 Å². The van der Waals surface area contributed by atoms with Gasteiger partial charge in [-0.05, 0) is 23.3 Å². The highest BCUT2D eigenvalue weighted by Gasteiger charge is 2.25. The van der Waals surface area contributed by atoms with Gasteiger partial charge in [-0.15, -0.1) is 0 Å². The fourth-order valence-electron chi connectivity index (χ4n) is 3.01. The van der Waals surface area contributed by atoms with E-state index in [-0.39, 0.29) is 6.10 Å². The van der Waals surface area contributed by atoms with Crippen molar-refractivity contribution in [3.8, 4) is 16.9 Å². The second kappa shape index (κ2) is 4.86. The maximum atomic E-state index is 6.05. The SMILES string of the molecule is NC[C@@H]1Cc2cccc(-c3ccnc4ccccc34)c2O1. The first-order valence-corrected chi connectivity index (χ1v) is 7.19. The summed E-state index contributed by atoms with van der Waals surface area (Å²) in [5.74, 6) is 0.976. The normalized spacial score (nSPS) is 16.7. The summed E-state index contributed by atoms with van der Waals surface area (Å²) in [6.07, 6.45) is 2.84. The molecule has 0 aliphatic carbocycles. The monoisotopic (exact) mass is 276 g/mol. The number of rotatable bonds is 2. The first-order valence-electron chi connectivity index (χ1n) is 7.19. The van der Waals surface area contributed by atoms with Crippen LogP contribution in [0.2, 0.25) is 0 Å². The number of ether oxygens (including phenoxy) is 1. The van der Waals surface area contributed by atoms with Gasteiger partial charge in [-0.25, -0.2) is 0 Å². The van der Waals surface area contributed by atoms with Crippen LogP contribution in [0.3, 0.4) is 0 Å². The fraction of sp³-hybridized carbons (Fsp3) is 0.167. The van der Waals surface area contributed by atoms with Crippen LogP contribution < -0.4 is 10.5 Å². The number of nitrogens with zero attached hydrogens (tertiary/aromatic N) is 1. The van der Waals surface area contributed by atoms with Gasteiger partial charge in [0.25, 0.3) is 0 Å². The Balaban J connectivity index is 1.93. The lowest BCUT2D eigenvalue weighted by Gasteiger charge is -2.12. The number of aromatic nitrogens is 1. The van der Waals surface area contributed by atoms with E-state index < -0.39 is 0 Å². The predicted molar refractivity (Wildman–Crippen MR) is 84.4 cm³/mol. The molecule has 104 valence electrons. The van der Waals surface area contributed by atoms with Gasteiger partial charge in [-0.1, -0.05) is 36.4 Å². The molecular formula is C18H16N2O. The maximum Gasteiger partial charge on any atom is 0.130 e. The van der Waals surface area contributed by atoms with Crippen molar-refractivity contribution in [3.05, 3.63) is 60.3 Å². The van der Waals surface area contributed by atoms with Gasteiger partial charge in [-0.2, -0.15) is 0 Å². The number of nitrogens with two attached hydrogens (primary N) is 1. The number of para-hydroxylation sites is 2. The average Bonchev–Trinajstić information content (AvgIpc) is 2.97. The molecule has 0 unspecified atom stereocenters. The largest absolute Gasteiger partial charge is 0.488 e. The molecule has 2 heterocycles. The summed E-state index contributed by atoms with van der Waals surface area (Å²) in [4.78, 5) is 4.43. The van der Waals surface area contributed by atoms with Crippen LogP contribution in [0.1, 0.15) is 5.56 Å². The third-order valence-electron chi connectivity index (χ3n) is 4.03. The molecule has 0 saturated heterocycles. The summed E-state index contributed by atoms with van der Waals surface area (Å²) in [5.41, 5.74) is 10.3. The molecule has 0 bridgehead atoms. The molecule has 2 N–H and O–H groups in total. The Kier molecular flexibility index (Phi) is 2.86. The lowest BCUT2D eigenvalue weighted by atomic mass is 9.98. The van der Waals surface area contributed by atoms with Crippen molar-refractivity contribution in [2.45, 2.75) is 12.5 Å². The second-order valence-electron chi connectivity index (χ2n) is 5.35. The minimum Gasteiger partial charge on any atom is -0.488 e. The smallest absolute Gasteiger partial charge is 0.130 e. The van der Waals surface area contributed by atoms with E-state index in [9.17, 15) is 0 Å². The van der Waals surface area contributed by atoms with Gasteiger partial charge in [0.15, 0.2) is 0 Å². The van der Waals surface area contributed by atoms with E-state index in [1.54, 1.807) is 0 Å². The summed E-state index contributed by atoms with van der Waals surface area (Å²) in [7, 11) is 0. The Morgan fingerprint density at radius 1 is 1.05 bits per heavy atom. The predicted octanol–water partition coefficient (Wildman–Crippen LogP) is 3.16. The minimum atomic E-state index is 0.0919. The number of benzene rings is 2. The number of pyridine rings is 1. The van der Waals surface area contributed by atoms with Gasteiger partial charge in [0.1, 0.15) is 11.9 Å². The third kappa shape index (κ3) is 1.98. The third-order valence-corrected chi connectivity index (χ3v) is 4.03. The van der Waals surface area contributed by atoms with E-state index in [0.29, 0.717) is 6.54 Å². The van der Waals surface area contributed by atoms with Gasteiger partial charge >= 0.3 is 0 Å². The molecule has 3 nitrogen and oxygen atoms in total. The van der Waals surface area contributed by atoms with Crippen LogP contribution in [-0.2, 0) is 6.42 Å². The number of hydrogen-bond donors (Lipinski definition) is 1. The van der Waals surface area contributed by atoms with E-state index in [2.05, 4.69) is 35.3 Å². The first kappa shape index (κ1) is 12.4. The summed E-state index contributed by atoms with van der Waals surface area (Å²) < 4.78 is 6.05. The quantitative estimate of drug-likeness (QED) is 0.782. The summed E-state index contributed by atoms with van der Waals surface area (Å²) in [6.45, 7) is 0.547. The van der Waals surface area contributed by atoms with Crippen LogP contribution in [0.5, 0.6) is 5.75 Å². The summed E-state index contributed by atoms with van der Waals surface area (Å²) >= 11 is 0. The van der Waals surface area contributed by atoms with Crippen LogP contribution in [-0.4, -0.2) is 17.6 Å². The molecular weight excluding hydrogens is 260 g/mol. The van der Waals surface area contributed by atoms with Gasteiger partial charge in [0, 0.05) is 30.1 Å². The molecule has 1 atom stereocenters. The van der Waals surface area contributed by atoms with E-state index in [1.165, 1.54) is 5.56 Å². The Hall–Kier alpha value is -2.39. The highest BCUT2D eigenvalue weighted by atomic mass is 16.5.